The summed E-state index contributed by atoms with van der Waals surface area (Å²) in [4.78, 5) is 16.8. The smallest absolute Gasteiger partial charge is 0.230 e. The summed E-state index contributed by atoms with van der Waals surface area (Å²) in [7, 11) is 0. The number of aliphatic hydroxyl groups excluding tert-OH is 1. The van der Waals surface area contributed by atoms with Crippen LogP contribution in [0, 0.1) is 25.7 Å². The highest BCUT2D eigenvalue weighted by Crippen LogP contribution is 2.17. The molecule has 1 aromatic heterocycles. The number of amides is 1. The number of anilines is 1. The zero-order valence-electron chi connectivity index (χ0n) is 11.9. The lowest BCUT2D eigenvalue weighted by molar-refractivity contribution is -0.115. The lowest BCUT2D eigenvalue weighted by Crippen LogP contribution is -2.14. The van der Waals surface area contributed by atoms with Gasteiger partial charge in [0.25, 0.3) is 0 Å². The van der Waals surface area contributed by atoms with Crippen LogP contribution in [0.15, 0.2) is 24.4 Å². The zero-order valence-corrected chi connectivity index (χ0v) is 12.8. The maximum Gasteiger partial charge on any atom is 0.230 e. The van der Waals surface area contributed by atoms with Gasteiger partial charge in [0.05, 0.1) is 17.5 Å². The monoisotopic (exact) mass is 300 g/mol. The molecule has 1 aromatic carbocycles. The van der Waals surface area contributed by atoms with Crippen LogP contribution in [0.4, 0.5) is 5.13 Å². The molecule has 1 heterocycles. The first-order valence-corrected chi connectivity index (χ1v) is 7.31. The number of benzene rings is 1. The Morgan fingerprint density at radius 2 is 2.19 bits per heavy atom. The number of rotatable bonds is 3. The summed E-state index contributed by atoms with van der Waals surface area (Å²) in [5, 5.41) is 11.9. The highest BCUT2D eigenvalue weighted by atomic mass is 32.1. The standard InChI is InChI=1S/C16H16N2O2S/c1-11-5-6-13(8-12(11)2)9-15(20)18-16-17-10-14(21-16)4-3-7-19/h5-6,8,10,19H,7,9H2,1-2H3,(H,17,18,20). The Morgan fingerprint density at radius 1 is 1.38 bits per heavy atom. The SMILES string of the molecule is Cc1ccc(CC(=O)Nc2ncc(C#CCO)s2)cc1C. The second kappa shape index (κ2) is 7.02. The van der Waals surface area contributed by atoms with Crippen molar-refractivity contribution in [2.24, 2.45) is 0 Å². The van der Waals surface area contributed by atoms with E-state index in [1.54, 1.807) is 6.20 Å². The molecule has 0 atom stereocenters. The minimum absolute atomic E-state index is 0.103. The van der Waals surface area contributed by atoms with Crippen molar-refractivity contribution in [3.63, 3.8) is 0 Å². The molecule has 2 rings (SSSR count). The fraction of sp³-hybridized carbons (Fsp3) is 0.250. The predicted octanol–water partition coefficient (Wildman–Crippen LogP) is 2.28. The van der Waals surface area contributed by atoms with E-state index in [1.807, 2.05) is 32.0 Å². The number of thiazole rings is 1. The number of aromatic nitrogens is 1. The summed E-state index contributed by atoms with van der Waals surface area (Å²) in [5.41, 5.74) is 3.37. The van der Waals surface area contributed by atoms with Crippen LogP contribution in [0.1, 0.15) is 21.6 Å². The average Bonchev–Trinajstić information content (AvgIpc) is 2.88. The van der Waals surface area contributed by atoms with Crippen LogP contribution in [0.2, 0.25) is 0 Å². The number of aliphatic hydroxyl groups is 1. The summed E-state index contributed by atoms with van der Waals surface area (Å²) in [5.74, 6) is 5.20. The highest BCUT2D eigenvalue weighted by Gasteiger charge is 2.07. The van der Waals surface area contributed by atoms with Crippen molar-refractivity contribution in [1.82, 2.24) is 4.98 Å². The molecular weight excluding hydrogens is 284 g/mol. The van der Waals surface area contributed by atoms with Crippen molar-refractivity contribution in [3.05, 3.63) is 46.0 Å². The largest absolute Gasteiger partial charge is 0.384 e. The number of hydrogen-bond donors (Lipinski definition) is 2. The molecule has 0 saturated heterocycles. The average molecular weight is 300 g/mol. The van der Waals surface area contributed by atoms with E-state index in [0.29, 0.717) is 16.4 Å². The van der Waals surface area contributed by atoms with Crippen molar-refractivity contribution in [1.29, 1.82) is 0 Å². The lowest BCUT2D eigenvalue weighted by atomic mass is 10.0. The van der Waals surface area contributed by atoms with Gasteiger partial charge < -0.3 is 10.4 Å². The summed E-state index contributed by atoms with van der Waals surface area (Å²) in [6.07, 6.45) is 1.90. The molecule has 0 saturated carbocycles. The normalized spacial score (nSPS) is 9.86. The van der Waals surface area contributed by atoms with E-state index < -0.39 is 0 Å². The fourth-order valence-electron chi connectivity index (χ4n) is 1.78. The maximum absolute atomic E-state index is 12.0. The summed E-state index contributed by atoms with van der Waals surface area (Å²) in [6.45, 7) is 3.89. The molecule has 21 heavy (non-hydrogen) atoms. The van der Waals surface area contributed by atoms with E-state index in [1.165, 1.54) is 22.5 Å². The molecular formula is C16H16N2O2S. The van der Waals surface area contributed by atoms with Gasteiger partial charge >= 0.3 is 0 Å². The lowest BCUT2D eigenvalue weighted by Gasteiger charge is -2.05. The van der Waals surface area contributed by atoms with Gasteiger partial charge in [-0.25, -0.2) is 4.98 Å². The number of carbonyl (C=O) groups excluding carboxylic acids is 1. The maximum atomic E-state index is 12.0. The molecule has 4 nitrogen and oxygen atoms in total. The van der Waals surface area contributed by atoms with Crippen LogP contribution >= 0.6 is 11.3 Å². The van der Waals surface area contributed by atoms with Crippen molar-refractivity contribution in [3.8, 4) is 11.8 Å². The number of carbonyl (C=O) groups is 1. The third kappa shape index (κ3) is 4.42. The number of nitrogens with one attached hydrogen (secondary N) is 1. The van der Waals surface area contributed by atoms with Crippen LogP contribution in [0.25, 0.3) is 0 Å². The summed E-state index contributed by atoms with van der Waals surface area (Å²) >= 11 is 1.29. The summed E-state index contributed by atoms with van der Waals surface area (Å²) in [6, 6.07) is 6.00. The van der Waals surface area contributed by atoms with E-state index in [9.17, 15) is 4.79 Å². The Hall–Kier alpha value is -2.16. The highest BCUT2D eigenvalue weighted by molar-refractivity contribution is 7.16. The predicted molar refractivity (Wildman–Crippen MR) is 84.3 cm³/mol. The zero-order chi connectivity index (χ0) is 15.2. The first-order chi connectivity index (χ1) is 10.1. The molecule has 0 aliphatic rings. The third-order valence-electron chi connectivity index (χ3n) is 2.98. The van der Waals surface area contributed by atoms with Crippen molar-refractivity contribution >= 4 is 22.4 Å². The van der Waals surface area contributed by atoms with Gasteiger partial charge in [0.15, 0.2) is 5.13 Å². The Balaban J connectivity index is 1.98. The number of nitrogens with zero attached hydrogens (tertiary/aromatic N) is 1. The van der Waals surface area contributed by atoms with Crippen LogP contribution in [0.5, 0.6) is 0 Å². The van der Waals surface area contributed by atoms with E-state index in [2.05, 4.69) is 22.1 Å². The van der Waals surface area contributed by atoms with Gasteiger partial charge in [-0.3, -0.25) is 4.79 Å². The van der Waals surface area contributed by atoms with Gasteiger partial charge in [-0.2, -0.15) is 0 Å². The molecule has 0 fully saturated rings. The molecule has 108 valence electrons. The van der Waals surface area contributed by atoms with Crippen molar-refractivity contribution in [2.45, 2.75) is 20.3 Å². The Bertz CT molecular complexity index is 711. The molecule has 0 bridgehead atoms. The fourth-order valence-corrected chi connectivity index (χ4v) is 2.49. The van der Waals surface area contributed by atoms with Gasteiger partial charge in [0.1, 0.15) is 6.61 Å². The molecule has 0 spiro atoms. The Morgan fingerprint density at radius 3 is 2.90 bits per heavy atom. The van der Waals surface area contributed by atoms with E-state index in [4.69, 9.17) is 5.11 Å². The Kier molecular flexibility index (Phi) is 5.09. The molecule has 2 N–H and O–H groups in total. The van der Waals surface area contributed by atoms with Crippen LogP contribution in [-0.4, -0.2) is 22.6 Å². The minimum Gasteiger partial charge on any atom is -0.384 e. The minimum atomic E-state index is -0.188. The number of aryl methyl sites for hydroxylation is 2. The van der Waals surface area contributed by atoms with Gasteiger partial charge in [-0.05, 0) is 30.5 Å². The van der Waals surface area contributed by atoms with Crippen molar-refractivity contribution in [2.75, 3.05) is 11.9 Å². The van der Waals surface area contributed by atoms with Gasteiger partial charge in [0, 0.05) is 0 Å². The quantitative estimate of drug-likeness (QED) is 0.855. The third-order valence-corrected chi connectivity index (χ3v) is 3.81. The Labute approximate surface area is 127 Å². The van der Waals surface area contributed by atoms with Gasteiger partial charge in [-0.1, -0.05) is 41.4 Å². The molecule has 0 aliphatic carbocycles. The molecule has 2 aromatic rings. The first kappa shape index (κ1) is 15.2. The van der Waals surface area contributed by atoms with E-state index in [0.717, 1.165) is 5.56 Å². The van der Waals surface area contributed by atoms with Crippen molar-refractivity contribution < 1.29 is 9.90 Å². The molecule has 5 heteroatoms. The molecule has 1 amide bonds. The first-order valence-electron chi connectivity index (χ1n) is 6.50. The molecule has 0 radical (unpaired) electrons. The second-order valence-corrected chi connectivity index (χ2v) is 5.66. The summed E-state index contributed by atoms with van der Waals surface area (Å²) < 4.78 is 0. The molecule has 0 aliphatic heterocycles. The van der Waals surface area contributed by atoms with Gasteiger partial charge in [-0.15, -0.1) is 0 Å². The van der Waals surface area contributed by atoms with Crippen LogP contribution in [0.3, 0.4) is 0 Å². The van der Waals surface area contributed by atoms with Crippen LogP contribution < -0.4 is 5.32 Å². The topological polar surface area (TPSA) is 62.2 Å². The van der Waals surface area contributed by atoms with E-state index in [-0.39, 0.29) is 12.5 Å². The second-order valence-electron chi connectivity index (χ2n) is 4.63. The van der Waals surface area contributed by atoms with Gasteiger partial charge in [0.2, 0.25) is 5.91 Å². The molecule has 0 unspecified atom stereocenters. The number of hydrogen-bond acceptors (Lipinski definition) is 4. The van der Waals surface area contributed by atoms with E-state index >= 15 is 0 Å². The van der Waals surface area contributed by atoms with Crippen LogP contribution in [-0.2, 0) is 11.2 Å².